The molecule has 4 rings (SSSR count). The molecular weight excluding hydrogens is 314 g/mol. The third-order valence-electron chi connectivity index (χ3n) is 3.37. The Kier molecular flexibility index (Phi) is 3.54. The van der Waals surface area contributed by atoms with Gasteiger partial charge in [-0.15, -0.1) is 10.2 Å². The van der Waals surface area contributed by atoms with Crippen LogP contribution in [0.5, 0.6) is 0 Å². The number of rotatable bonds is 5. The lowest BCUT2D eigenvalue weighted by molar-refractivity contribution is 0.397. The molecule has 0 unspecified atom stereocenters. The molecule has 116 valence electrons. The standard InChI is InChI=1S/C14H13N7OS/c1-10-11(21-5-3-2-4-12(21)17-10)7-23-14-19-18-13(22-14)6-20-9-15-8-16-20/h2-5,8-9H,6-7H2,1H3. The molecule has 0 amide bonds. The first-order valence-corrected chi connectivity index (χ1v) is 7.98. The number of fused-ring (bicyclic) bond motifs is 1. The quantitative estimate of drug-likeness (QED) is 0.518. The Morgan fingerprint density at radius 1 is 1.26 bits per heavy atom. The molecule has 0 aliphatic rings. The van der Waals surface area contributed by atoms with Crippen molar-refractivity contribution in [2.45, 2.75) is 24.4 Å². The molecule has 8 nitrogen and oxygen atoms in total. The summed E-state index contributed by atoms with van der Waals surface area (Å²) in [6.45, 7) is 2.43. The molecule has 9 heteroatoms. The normalized spacial score (nSPS) is 11.3. The number of thioether (sulfide) groups is 1. The minimum Gasteiger partial charge on any atom is -0.414 e. The summed E-state index contributed by atoms with van der Waals surface area (Å²) in [6, 6.07) is 5.96. The van der Waals surface area contributed by atoms with Gasteiger partial charge in [0.25, 0.3) is 5.22 Å². The highest BCUT2D eigenvalue weighted by Crippen LogP contribution is 2.24. The fourth-order valence-electron chi connectivity index (χ4n) is 2.28. The zero-order valence-electron chi connectivity index (χ0n) is 12.3. The van der Waals surface area contributed by atoms with Gasteiger partial charge in [-0.25, -0.2) is 14.6 Å². The Balaban J connectivity index is 1.48. The lowest BCUT2D eigenvalue weighted by atomic mass is 10.4. The van der Waals surface area contributed by atoms with Gasteiger partial charge in [0.05, 0.1) is 11.4 Å². The molecule has 0 atom stereocenters. The van der Waals surface area contributed by atoms with E-state index in [1.807, 2.05) is 31.3 Å². The first-order valence-electron chi connectivity index (χ1n) is 7.00. The van der Waals surface area contributed by atoms with Gasteiger partial charge < -0.3 is 8.82 Å². The van der Waals surface area contributed by atoms with E-state index in [-0.39, 0.29) is 0 Å². The van der Waals surface area contributed by atoms with E-state index in [0.29, 0.717) is 23.4 Å². The molecule has 0 N–H and O–H groups in total. The van der Waals surface area contributed by atoms with Crippen LogP contribution < -0.4 is 0 Å². The maximum absolute atomic E-state index is 5.63. The molecule has 4 heterocycles. The summed E-state index contributed by atoms with van der Waals surface area (Å²) >= 11 is 1.49. The largest absolute Gasteiger partial charge is 0.414 e. The van der Waals surface area contributed by atoms with Crippen LogP contribution in [0.4, 0.5) is 0 Å². The van der Waals surface area contributed by atoms with Crippen molar-refractivity contribution >= 4 is 17.4 Å². The Labute approximate surface area is 135 Å². The minimum atomic E-state index is 0.419. The van der Waals surface area contributed by atoms with Crippen molar-refractivity contribution in [1.82, 2.24) is 34.3 Å². The first kappa shape index (κ1) is 13.9. The molecule has 0 radical (unpaired) electrons. The second kappa shape index (κ2) is 5.84. The van der Waals surface area contributed by atoms with E-state index in [4.69, 9.17) is 4.42 Å². The van der Waals surface area contributed by atoms with Crippen molar-refractivity contribution in [3.8, 4) is 0 Å². The number of aryl methyl sites for hydroxylation is 1. The molecule has 0 fully saturated rings. The fraction of sp³-hybridized carbons (Fsp3) is 0.214. The van der Waals surface area contributed by atoms with Crippen LogP contribution in [0, 0.1) is 6.92 Å². The lowest BCUT2D eigenvalue weighted by Gasteiger charge is -2.00. The topological polar surface area (TPSA) is 86.9 Å². The number of hydrogen-bond acceptors (Lipinski definition) is 7. The monoisotopic (exact) mass is 327 g/mol. The molecule has 0 saturated carbocycles. The van der Waals surface area contributed by atoms with Crippen molar-refractivity contribution < 1.29 is 4.42 Å². The van der Waals surface area contributed by atoms with Crippen LogP contribution in [-0.2, 0) is 12.3 Å². The van der Waals surface area contributed by atoms with Crippen molar-refractivity contribution in [1.29, 1.82) is 0 Å². The maximum Gasteiger partial charge on any atom is 0.277 e. The van der Waals surface area contributed by atoms with Gasteiger partial charge in [0.15, 0.2) is 0 Å². The molecule has 4 aromatic heterocycles. The van der Waals surface area contributed by atoms with Gasteiger partial charge in [0.2, 0.25) is 5.89 Å². The lowest BCUT2D eigenvalue weighted by Crippen LogP contribution is -1.99. The fourth-order valence-corrected chi connectivity index (χ4v) is 3.14. The summed E-state index contributed by atoms with van der Waals surface area (Å²) in [5, 5.41) is 12.6. The van der Waals surface area contributed by atoms with Crippen molar-refractivity contribution in [2.75, 3.05) is 0 Å². The second-order valence-corrected chi connectivity index (χ2v) is 5.84. The smallest absolute Gasteiger partial charge is 0.277 e. The van der Waals surface area contributed by atoms with Gasteiger partial charge in [-0.2, -0.15) is 5.10 Å². The molecule has 4 aromatic rings. The number of aromatic nitrogens is 7. The second-order valence-electron chi connectivity index (χ2n) is 4.92. The summed E-state index contributed by atoms with van der Waals surface area (Å²) < 4.78 is 9.34. The molecule has 0 spiro atoms. The third-order valence-corrected chi connectivity index (χ3v) is 4.20. The predicted molar refractivity (Wildman–Crippen MR) is 82.9 cm³/mol. The van der Waals surface area contributed by atoms with Crippen LogP contribution >= 0.6 is 11.8 Å². The highest BCUT2D eigenvalue weighted by molar-refractivity contribution is 7.98. The van der Waals surface area contributed by atoms with E-state index in [2.05, 4.69) is 29.7 Å². The van der Waals surface area contributed by atoms with Gasteiger partial charge in [0.1, 0.15) is 24.8 Å². The highest BCUT2D eigenvalue weighted by Gasteiger charge is 2.12. The first-order chi connectivity index (χ1) is 11.3. The third kappa shape index (κ3) is 2.82. The zero-order valence-corrected chi connectivity index (χ0v) is 13.1. The summed E-state index contributed by atoms with van der Waals surface area (Å²) in [6.07, 6.45) is 5.09. The molecule has 0 aliphatic heterocycles. The van der Waals surface area contributed by atoms with Crippen molar-refractivity contribution in [2.24, 2.45) is 0 Å². The average Bonchev–Trinajstić information content (AvgIpc) is 3.26. The van der Waals surface area contributed by atoms with Crippen molar-refractivity contribution in [3.63, 3.8) is 0 Å². The molecule has 0 saturated heterocycles. The molecule has 0 aromatic carbocycles. The summed E-state index contributed by atoms with van der Waals surface area (Å²) in [7, 11) is 0. The van der Waals surface area contributed by atoms with Gasteiger partial charge >= 0.3 is 0 Å². The van der Waals surface area contributed by atoms with Crippen LogP contribution in [0.2, 0.25) is 0 Å². The molecular formula is C14H13N7OS. The van der Waals surface area contributed by atoms with Crippen molar-refractivity contribution in [3.05, 3.63) is 54.3 Å². The number of nitrogens with zero attached hydrogens (tertiary/aromatic N) is 7. The number of hydrogen-bond donors (Lipinski definition) is 0. The molecule has 0 bridgehead atoms. The van der Waals surface area contributed by atoms with E-state index in [0.717, 1.165) is 17.0 Å². The zero-order chi connectivity index (χ0) is 15.6. The van der Waals surface area contributed by atoms with E-state index in [1.54, 1.807) is 11.0 Å². The van der Waals surface area contributed by atoms with E-state index in [9.17, 15) is 0 Å². The Hall–Kier alpha value is -2.68. The van der Waals surface area contributed by atoms with E-state index in [1.165, 1.54) is 18.1 Å². The number of pyridine rings is 1. The van der Waals surface area contributed by atoms with Crippen LogP contribution in [-0.4, -0.2) is 34.3 Å². The van der Waals surface area contributed by atoms with Crippen LogP contribution in [0.1, 0.15) is 17.3 Å². The number of imidazole rings is 1. The van der Waals surface area contributed by atoms with Gasteiger partial charge in [-0.05, 0) is 19.1 Å². The SMILES string of the molecule is Cc1nc2ccccn2c1CSc1nnc(Cn2cncn2)o1. The van der Waals surface area contributed by atoms with Gasteiger partial charge in [-0.1, -0.05) is 17.8 Å². The predicted octanol–water partition coefficient (Wildman–Crippen LogP) is 1.96. The van der Waals surface area contributed by atoms with Crippen LogP contribution in [0.3, 0.4) is 0 Å². The van der Waals surface area contributed by atoms with E-state index >= 15 is 0 Å². The van der Waals surface area contributed by atoms with Gasteiger partial charge in [0, 0.05) is 11.9 Å². The minimum absolute atomic E-state index is 0.419. The maximum atomic E-state index is 5.63. The highest BCUT2D eigenvalue weighted by atomic mass is 32.2. The summed E-state index contributed by atoms with van der Waals surface area (Å²) in [4.78, 5) is 8.43. The Morgan fingerprint density at radius 2 is 2.22 bits per heavy atom. The average molecular weight is 327 g/mol. The van der Waals surface area contributed by atoms with Crippen LogP contribution in [0.15, 0.2) is 46.7 Å². The molecule has 23 heavy (non-hydrogen) atoms. The summed E-state index contributed by atoms with van der Waals surface area (Å²) in [5.74, 6) is 1.22. The Bertz CT molecular complexity index is 928. The van der Waals surface area contributed by atoms with Crippen LogP contribution in [0.25, 0.3) is 5.65 Å². The molecule has 0 aliphatic carbocycles. The Morgan fingerprint density at radius 3 is 3.09 bits per heavy atom. The summed E-state index contributed by atoms with van der Waals surface area (Å²) in [5.41, 5.74) is 3.07. The van der Waals surface area contributed by atoms with E-state index < -0.39 is 0 Å². The van der Waals surface area contributed by atoms with Gasteiger partial charge in [-0.3, -0.25) is 0 Å².